The zero-order valence-corrected chi connectivity index (χ0v) is 11.5. The first-order chi connectivity index (χ1) is 8.58. The summed E-state index contributed by atoms with van der Waals surface area (Å²) >= 11 is 1.68. The fraction of sp³-hybridized carbons (Fsp3) is 0.500. The lowest BCUT2D eigenvalue weighted by molar-refractivity contribution is 0.0168. The zero-order valence-electron chi connectivity index (χ0n) is 10.7. The summed E-state index contributed by atoms with van der Waals surface area (Å²) in [6, 6.07) is 1.90. The van der Waals surface area contributed by atoms with Crippen LogP contribution in [0.5, 0.6) is 0 Å². The minimum Gasteiger partial charge on any atom is -0.469 e. The fourth-order valence-corrected chi connectivity index (χ4v) is 3.71. The highest BCUT2D eigenvalue weighted by molar-refractivity contribution is 7.11. The van der Waals surface area contributed by atoms with Crippen molar-refractivity contribution in [1.82, 2.24) is 4.98 Å². The molecule has 18 heavy (non-hydrogen) atoms. The van der Waals surface area contributed by atoms with Crippen LogP contribution in [0.2, 0.25) is 0 Å². The molecule has 0 amide bonds. The number of furan rings is 1. The molecule has 1 N–H and O–H groups in total. The van der Waals surface area contributed by atoms with E-state index in [0.29, 0.717) is 6.42 Å². The van der Waals surface area contributed by atoms with E-state index in [1.807, 2.05) is 13.0 Å². The molecule has 2 aromatic heterocycles. The Morgan fingerprint density at radius 3 is 3.06 bits per heavy atom. The van der Waals surface area contributed by atoms with E-state index in [1.165, 1.54) is 4.88 Å². The van der Waals surface area contributed by atoms with Crippen LogP contribution in [0.25, 0.3) is 0 Å². The zero-order chi connectivity index (χ0) is 12.8. The van der Waals surface area contributed by atoms with Crippen LogP contribution in [0.3, 0.4) is 0 Å². The third-order valence-corrected chi connectivity index (χ3v) is 4.83. The lowest BCUT2D eigenvalue weighted by atomic mass is 9.81. The number of aliphatic hydroxyl groups is 1. The largest absolute Gasteiger partial charge is 0.469 e. The molecule has 3 rings (SSSR count). The number of aryl methyl sites for hydroxylation is 3. The van der Waals surface area contributed by atoms with Gasteiger partial charge < -0.3 is 9.52 Å². The second-order valence-corrected chi connectivity index (χ2v) is 6.36. The Balaban J connectivity index is 1.93. The number of aromatic nitrogens is 1. The number of rotatable bonds is 2. The quantitative estimate of drug-likeness (QED) is 0.905. The van der Waals surface area contributed by atoms with E-state index < -0.39 is 5.60 Å². The first-order valence-corrected chi connectivity index (χ1v) is 7.12. The van der Waals surface area contributed by atoms with E-state index in [0.717, 1.165) is 41.3 Å². The SMILES string of the molecule is Cc1nc(CC2(O)CCCc3occc32)sc1C. The third kappa shape index (κ3) is 1.89. The third-order valence-electron chi connectivity index (χ3n) is 3.76. The maximum absolute atomic E-state index is 10.9. The van der Waals surface area contributed by atoms with E-state index in [1.54, 1.807) is 17.6 Å². The van der Waals surface area contributed by atoms with Crippen molar-refractivity contribution in [1.29, 1.82) is 0 Å². The second-order valence-electron chi connectivity index (χ2n) is 5.07. The van der Waals surface area contributed by atoms with Crippen molar-refractivity contribution in [2.75, 3.05) is 0 Å². The Morgan fingerprint density at radius 2 is 2.33 bits per heavy atom. The molecular formula is C14H17NO2S. The summed E-state index contributed by atoms with van der Waals surface area (Å²) in [5.74, 6) is 0.939. The minimum absolute atomic E-state index is 0.596. The molecule has 2 heterocycles. The van der Waals surface area contributed by atoms with Gasteiger partial charge in [-0.1, -0.05) is 0 Å². The van der Waals surface area contributed by atoms with Crippen LogP contribution in [-0.2, 0) is 18.4 Å². The summed E-state index contributed by atoms with van der Waals surface area (Å²) in [6.07, 6.45) is 4.97. The first-order valence-electron chi connectivity index (χ1n) is 6.31. The van der Waals surface area contributed by atoms with Gasteiger partial charge >= 0.3 is 0 Å². The van der Waals surface area contributed by atoms with Crippen molar-refractivity contribution in [3.8, 4) is 0 Å². The van der Waals surface area contributed by atoms with E-state index in [-0.39, 0.29) is 0 Å². The lowest BCUT2D eigenvalue weighted by Crippen LogP contribution is -2.32. The molecule has 96 valence electrons. The van der Waals surface area contributed by atoms with E-state index >= 15 is 0 Å². The van der Waals surface area contributed by atoms with Gasteiger partial charge in [0.25, 0.3) is 0 Å². The summed E-state index contributed by atoms with van der Waals surface area (Å²) in [5, 5.41) is 11.9. The molecule has 0 aliphatic heterocycles. The smallest absolute Gasteiger partial charge is 0.109 e. The fourth-order valence-electron chi connectivity index (χ4n) is 2.67. The standard InChI is InChI=1S/C14H17NO2S/c1-9-10(2)18-13(15-9)8-14(16)6-3-4-12-11(14)5-7-17-12/h5,7,16H,3-4,6,8H2,1-2H3. The Kier molecular flexibility index (Phi) is 2.79. The first kappa shape index (κ1) is 11.9. The molecule has 1 unspecified atom stereocenters. The predicted octanol–water partition coefficient (Wildman–Crippen LogP) is 3.12. The monoisotopic (exact) mass is 263 g/mol. The van der Waals surface area contributed by atoms with Gasteiger partial charge in [0.1, 0.15) is 5.76 Å². The maximum atomic E-state index is 10.9. The van der Waals surface area contributed by atoms with Crippen molar-refractivity contribution in [2.45, 2.75) is 45.1 Å². The maximum Gasteiger partial charge on any atom is 0.109 e. The molecule has 2 aromatic rings. The number of fused-ring (bicyclic) bond motifs is 1. The lowest BCUT2D eigenvalue weighted by Gasteiger charge is -2.30. The van der Waals surface area contributed by atoms with E-state index in [9.17, 15) is 5.11 Å². The van der Waals surface area contributed by atoms with Gasteiger partial charge in [-0.15, -0.1) is 11.3 Å². The molecule has 0 saturated heterocycles. The van der Waals surface area contributed by atoms with E-state index in [2.05, 4.69) is 11.9 Å². The average Bonchev–Trinajstić information content (AvgIpc) is 2.88. The van der Waals surface area contributed by atoms with Gasteiger partial charge in [0.2, 0.25) is 0 Å². The molecule has 1 aliphatic rings. The Hall–Kier alpha value is -1.13. The summed E-state index contributed by atoms with van der Waals surface area (Å²) in [7, 11) is 0. The summed E-state index contributed by atoms with van der Waals surface area (Å²) in [4.78, 5) is 5.77. The Labute approximate surface area is 110 Å². The molecular weight excluding hydrogens is 246 g/mol. The number of nitrogens with zero attached hydrogens (tertiary/aromatic N) is 1. The van der Waals surface area contributed by atoms with Crippen LogP contribution in [0.1, 0.15) is 39.7 Å². The summed E-state index contributed by atoms with van der Waals surface area (Å²) < 4.78 is 5.44. The molecule has 0 aromatic carbocycles. The molecule has 3 nitrogen and oxygen atoms in total. The van der Waals surface area contributed by atoms with Crippen LogP contribution >= 0.6 is 11.3 Å². The predicted molar refractivity (Wildman–Crippen MR) is 70.8 cm³/mol. The van der Waals surface area contributed by atoms with Crippen LogP contribution in [-0.4, -0.2) is 10.1 Å². The van der Waals surface area contributed by atoms with Crippen molar-refractivity contribution < 1.29 is 9.52 Å². The summed E-state index contributed by atoms with van der Waals surface area (Å²) in [6.45, 7) is 4.09. The van der Waals surface area contributed by atoms with Crippen LogP contribution in [0, 0.1) is 13.8 Å². The van der Waals surface area contributed by atoms with Crippen LogP contribution in [0.4, 0.5) is 0 Å². The highest BCUT2D eigenvalue weighted by atomic mass is 32.1. The molecule has 1 atom stereocenters. The molecule has 0 spiro atoms. The van der Waals surface area contributed by atoms with Gasteiger partial charge in [0, 0.05) is 23.3 Å². The highest BCUT2D eigenvalue weighted by Crippen LogP contribution is 2.39. The second kappa shape index (κ2) is 4.21. The minimum atomic E-state index is -0.794. The molecule has 0 radical (unpaired) electrons. The molecule has 1 aliphatic carbocycles. The number of thiazole rings is 1. The average molecular weight is 263 g/mol. The molecule has 0 bridgehead atoms. The topological polar surface area (TPSA) is 46.3 Å². The molecule has 4 heteroatoms. The Bertz CT molecular complexity index is 553. The highest BCUT2D eigenvalue weighted by Gasteiger charge is 2.37. The normalized spacial score (nSPS) is 23.1. The van der Waals surface area contributed by atoms with Crippen molar-refractivity contribution in [3.63, 3.8) is 0 Å². The number of hydrogen-bond acceptors (Lipinski definition) is 4. The summed E-state index contributed by atoms with van der Waals surface area (Å²) in [5.41, 5.74) is 1.23. The Morgan fingerprint density at radius 1 is 1.50 bits per heavy atom. The van der Waals surface area contributed by atoms with Gasteiger partial charge in [-0.3, -0.25) is 0 Å². The number of hydrogen-bond donors (Lipinski definition) is 1. The van der Waals surface area contributed by atoms with Gasteiger partial charge in [-0.2, -0.15) is 0 Å². The van der Waals surface area contributed by atoms with Crippen molar-refractivity contribution >= 4 is 11.3 Å². The van der Waals surface area contributed by atoms with Gasteiger partial charge in [0.05, 0.1) is 22.6 Å². The molecule has 0 saturated carbocycles. The van der Waals surface area contributed by atoms with E-state index in [4.69, 9.17) is 4.42 Å². The van der Waals surface area contributed by atoms with Crippen LogP contribution < -0.4 is 0 Å². The van der Waals surface area contributed by atoms with Crippen molar-refractivity contribution in [3.05, 3.63) is 39.2 Å². The van der Waals surface area contributed by atoms with Crippen molar-refractivity contribution in [2.24, 2.45) is 0 Å². The van der Waals surface area contributed by atoms with Gasteiger partial charge in [0.15, 0.2) is 0 Å². The molecule has 0 fully saturated rings. The van der Waals surface area contributed by atoms with Crippen LogP contribution in [0.15, 0.2) is 16.7 Å². The van der Waals surface area contributed by atoms with Gasteiger partial charge in [-0.05, 0) is 32.8 Å². The van der Waals surface area contributed by atoms with Gasteiger partial charge in [-0.25, -0.2) is 4.98 Å².